The molecule has 1 aromatic carbocycles. The summed E-state index contributed by atoms with van der Waals surface area (Å²) >= 11 is 3.17. The molecular formula is C8H6FIO2S. The van der Waals surface area contributed by atoms with Gasteiger partial charge >= 0.3 is 5.97 Å². The molecule has 0 aromatic heterocycles. The standard InChI is InChI=1S/C8H6FIO2S/c9-5-1-2-6(10)7(3-5)13-4-8(11)12/h1-3H,4H2,(H,11,12). The van der Waals surface area contributed by atoms with Crippen molar-refractivity contribution in [3.05, 3.63) is 27.6 Å². The monoisotopic (exact) mass is 312 g/mol. The van der Waals surface area contributed by atoms with Crippen molar-refractivity contribution in [1.82, 2.24) is 0 Å². The molecule has 0 atom stereocenters. The highest BCUT2D eigenvalue weighted by Gasteiger charge is 2.04. The Morgan fingerprint density at radius 1 is 1.62 bits per heavy atom. The number of thioether (sulfide) groups is 1. The van der Waals surface area contributed by atoms with Crippen molar-refractivity contribution >= 4 is 40.3 Å². The number of halogens is 2. The van der Waals surface area contributed by atoms with Gasteiger partial charge in [-0.05, 0) is 40.8 Å². The predicted octanol–water partition coefficient (Wildman–Crippen LogP) is 2.61. The molecule has 1 N–H and O–H groups in total. The summed E-state index contributed by atoms with van der Waals surface area (Å²) in [7, 11) is 0. The van der Waals surface area contributed by atoms with E-state index in [1.165, 1.54) is 12.1 Å². The van der Waals surface area contributed by atoms with Crippen LogP contribution < -0.4 is 0 Å². The van der Waals surface area contributed by atoms with Gasteiger partial charge in [-0.2, -0.15) is 0 Å². The van der Waals surface area contributed by atoms with Crippen LogP contribution in [0.2, 0.25) is 0 Å². The number of rotatable bonds is 3. The molecule has 1 rings (SSSR count). The summed E-state index contributed by atoms with van der Waals surface area (Å²) in [5.41, 5.74) is 0. The van der Waals surface area contributed by atoms with E-state index >= 15 is 0 Å². The number of carbonyl (C=O) groups is 1. The summed E-state index contributed by atoms with van der Waals surface area (Å²) in [4.78, 5) is 10.9. The van der Waals surface area contributed by atoms with Crippen molar-refractivity contribution in [2.45, 2.75) is 4.90 Å². The number of benzene rings is 1. The summed E-state index contributed by atoms with van der Waals surface area (Å²) < 4.78 is 13.6. The first-order valence-corrected chi connectivity index (χ1v) is 5.45. The molecule has 5 heteroatoms. The lowest BCUT2D eigenvalue weighted by molar-refractivity contribution is -0.133. The van der Waals surface area contributed by atoms with Crippen molar-refractivity contribution in [3.8, 4) is 0 Å². The maximum atomic E-state index is 12.7. The third kappa shape index (κ3) is 3.51. The normalized spacial score (nSPS) is 10.0. The van der Waals surface area contributed by atoms with Gasteiger partial charge in [0.2, 0.25) is 0 Å². The third-order valence-electron chi connectivity index (χ3n) is 1.24. The predicted molar refractivity (Wildman–Crippen MR) is 57.5 cm³/mol. The van der Waals surface area contributed by atoms with Gasteiger partial charge in [0.1, 0.15) is 5.82 Å². The molecule has 13 heavy (non-hydrogen) atoms. The van der Waals surface area contributed by atoms with E-state index in [1.807, 2.05) is 22.6 Å². The SMILES string of the molecule is O=C(O)CSc1cc(F)ccc1I. The lowest BCUT2D eigenvalue weighted by Crippen LogP contribution is -1.98. The molecule has 2 nitrogen and oxygen atoms in total. The van der Waals surface area contributed by atoms with Gasteiger partial charge in [-0.15, -0.1) is 11.8 Å². The van der Waals surface area contributed by atoms with Gasteiger partial charge in [0, 0.05) is 8.47 Å². The molecule has 1 aromatic rings. The summed E-state index contributed by atoms with van der Waals surface area (Å²) in [6.45, 7) is 0. The molecule has 0 amide bonds. The van der Waals surface area contributed by atoms with Crippen molar-refractivity contribution in [1.29, 1.82) is 0 Å². The number of carboxylic acids is 1. The quantitative estimate of drug-likeness (QED) is 0.689. The zero-order chi connectivity index (χ0) is 9.84. The number of hydrogen-bond acceptors (Lipinski definition) is 2. The van der Waals surface area contributed by atoms with E-state index in [0.717, 1.165) is 15.3 Å². The van der Waals surface area contributed by atoms with Gasteiger partial charge in [-0.25, -0.2) is 4.39 Å². The van der Waals surface area contributed by atoms with Crippen molar-refractivity contribution in [2.24, 2.45) is 0 Å². The summed E-state index contributed by atoms with van der Waals surface area (Å²) in [5, 5.41) is 8.42. The average Bonchev–Trinajstić information content (AvgIpc) is 2.06. The van der Waals surface area contributed by atoms with E-state index in [-0.39, 0.29) is 11.6 Å². The van der Waals surface area contributed by atoms with Crippen LogP contribution in [0.4, 0.5) is 4.39 Å². The lowest BCUT2D eigenvalue weighted by Gasteiger charge is -2.01. The van der Waals surface area contributed by atoms with Gasteiger partial charge in [-0.3, -0.25) is 4.79 Å². The number of aliphatic carboxylic acids is 1. The third-order valence-corrected chi connectivity index (χ3v) is 3.59. The minimum Gasteiger partial charge on any atom is -0.481 e. The molecule has 0 radical (unpaired) electrons. The van der Waals surface area contributed by atoms with E-state index in [0.29, 0.717) is 4.90 Å². The fraction of sp³-hybridized carbons (Fsp3) is 0.125. The lowest BCUT2D eigenvalue weighted by atomic mass is 10.3. The average molecular weight is 312 g/mol. The van der Waals surface area contributed by atoms with Crippen LogP contribution in [0.15, 0.2) is 23.1 Å². The molecule has 0 heterocycles. The first-order valence-electron chi connectivity index (χ1n) is 3.39. The highest BCUT2D eigenvalue weighted by atomic mass is 127. The highest BCUT2D eigenvalue weighted by molar-refractivity contribution is 14.1. The zero-order valence-corrected chi connectivity index (χ0v) is 9.43. The van der Waals surface area contributed by atoms with Crippen molar-refractivity contribution in [3.63, 3.8) is 0 Å². The number of hydrogen-bond donors (Lipinski definition) is 1. The topological polar surface area (TPSA) is 37.3 Å². The molecule has 0 saturated carbocycles. The largest absolute Gasteiger partial charge is 0.481 e. The number of carboxylic acid groups (broad SMARTS) is 1. The van der Waals surface area contributed by atoms with Gasteiger partial charge in [0.15, 0.2) is 0 Å². The summed E-state index contributed by atoms with van der Waals surface area (Å²) in [5.74, 6) is -1.28. The minimum absolute atomic E-state index is 0.0422. The molecule has 70 valence electrons. The smallest absolute Gasteiger partial charge is 0.313 e. The molecule has 0 unspecified atom stereocenters. The molecule has 0 bridgehead atoms. The summed E-state index contributed by atoms with van der Waals surface area (Å²) in [6, 6.07) is 4.32. The Kier molecular flexibility index (Phi) is 3.98. The minimum atomic E-state index is -0.898. The summed E-state index contributed by atoms with van der Waals surface area (Å²) in [6.07, 6.45) is 0. The maximum Gasteiger partial charge on any atom is 0.313 e. The van der Waals surface area contributed by atoms with Crippen LogP contribution in [0.5, 0.6) is 0 Å². The van der Waals surface area contributed by atoms with E-state index in [1.54, 1.807) is 6.07 Å². The van der Waals surface area contributed by atoms with E-state index in [9.17, 15) is 9.18 Å². The first-order chi connectivity index (χ1) is 6.09. The van der Waals surface area contributed by atoms with Gasteiger partial charge in [-0.1, -0.05) is 0 Å². The van der Waals surface area contributed by atoms with Gasteiger partial charge < -0.3 is 5.11 Å². The van der Waals surface area contributed by atoms with E-state index in [2.05, 4.69) is 0 Å². The van der Waals surface area contributed by atoms with Crippen LogP contribution in [0, 0.1) is 9.39 Å². The van der Waals surface area contributed by atoms with Crippen LogP contribution in [0.25, 0.3) is 0 Å². The molecule has 0 aliphatic rings. The molecule has 0 aliphatic carbocycles. The fourth-order valence-corrected chi connectivity index (χ4v) is 2.21. The molecule has 0 saturated heterocycles. The second-order valence-electron chi connectivity index (χ2n) is 2.26. The zero-order valence-electron chi connectivity index (χ0n) is 6.46. The van der Waals surface area contributed by atoms with E-state index in [4.69, 9.17) is 5.11 Å². The van der Waals surface area contributed by atoms with Crippen LogP contribution in [0.1, 0.15) is 0 Å². The van der Waals surface area contributed by atoms with Crippen LogP contribution in [-0.4, -0.2) is 16.8 Å². The first kappa shape index (κ1) is 10.8. The maximum absolute atomic E-state index is 12.7. The molecular weight excluding hydrogens is 306 g/mol. The van der Waals surface area contributed by atoms with Crippen molar-refractivity contribution in [2.75, 3.05) is 5.75 Å². The van der Waals surface area contributed by atoms with Crippen LogP contribution in [-0.2, 0) is 4.79 Å². The Morgan fingerprint density at radius 3 is 2.92 bits per heavy atom. The second-order valence-corrected chi connectivity index (χ2v) is 4.44. The van der Waals surface area contributed by atoms with E-state index < -0.39 is 5.97 Å². The second kappa shape index (κ2) is 4.80. The highest BCUT2D eigenvalue weighted by Crippen LogP contribution is 2.24. The van der Waals surface area contributed by atoms with Crippen LogP contribution in [0.3, 0.4) is 0 Å². The Hall–Kier alpha value is -0.300. The molecule has 0 spiro atoms. The van der Waals surface area contributed by atoms with Gasteiger partial charge in [0.25, 0.3) is 0 Å². The Labute approximate surface area is 92.7 Å². The van der Waals surface area contributed by atoms with Crippen molar-refractivity contribution < 1.29 is 14.3 Å². The molecule has 0 aliphatic heterocycles. The Morgan fingerprint density at radius 2 is 2.31 bits per heavy atom. The van der Waals surface area contributed by atoms with Gasteiger partial charge in [0.05, 0.1) is 5.75 Å². The fourth-order valence-electron chi connectivity index (χ4n) is 0.727. The molecule has 0 fully saturated rings. The van der Waals surface area contributed by atoms with Crippen LogP contribution >= 0.6 is 34.4 Å². The Bertz CT molecular complexity index is 330. The Balaban J connectivity index is 2.75.